The van der Waals surface area contributed by atoms with Gasteiger partial charge in [0.05, 0.1) is 33.4 Å². The van der Waals surface area contributed by atoms with Crippen LogP contribution in [0.5, 0.6) is 0 Å². The van der Waals surface area contributed by atoms with Crippen molar-refractivity contribution in [1.29, 1.82) is 0 Å². The van der Waals surface area contributed by atoms with Crippen LogP contribution >= 0.6 is 0 Å². The zero-order valence-electron chi connectivity index (χ0n) is 13.8. The summed E-state index contributed by atoms with van der Waals surface area (Å²) in [4.78, 5) is 12.0. The quantitative estimate of drug-likeness (QED) is 0.343. The lowest BCUT2D eigenvalue weighted by Crippen LogP contribution is -3.00. The zero-order valence-corrected chi connectivity index (χ0v) is 16.0. The Hall–Kier alpha value is -0.820. The molecule has 0 bridgehead atoms. The molecule has 0 saturated carbocycles. The number of para-hydroxylation sites is 1. The van der Waals surface area contributed by atoms with Gasteiger partial charge in [0.1, 0.15) is 0 Å². The van der Waals surface area contributed by atoms with Gasteiger partial charge in [-0.2, -0.15) is 0 Å². The lowest BCUT2D eigenvalue weighted by molar-refractivity contribution is -0.870. The average Bonchev–Trinajstić information content (AvgIpc) is 2.37. The van der Waals surface area contributed by atoms with Gasteiger partial charge >= 0.3 is 0 Å². The van der Waals surface area contributed by atoms with Gasteiger partial charge < -0.3 is 28.5 Å². The SMILES string of the molecule is CCN(c1ccccc1)N(CCC[N+](C)(C)C)C(C)=O.[I-]. The summed E-state index contributed by atoms with van der Waals surface area (Å²) in [5.74, 6) is 0.0945. The summed E-state index contributed by atoms with van der Waals surface area (Å²) in [6, 6.07) is 10.1. The van der Waals surface area contributed by atoms with Gasteiger partial charge in [-0.05, 0) is 19.1 Å². The van der Waals surface area contributed by atoms with Crippen LogP contribution in [0.15, 0.2) is 30.3 Å². The number of anilines is 1. The highest BCUT2D eigenvalue weighted by atomic mass is 127. The van der Waals surface area contributed by atoms with Crippen molar-refractivity contribution in [3.63, 3.8) is 0 Å². The molecule has 5 heteroatoms. The standard InChI is InChI=1S/C16H28N3O.HI/c1-6-17(16-11-8-7-9-12-16)18(15(2)20)13-10-14-19(3,4)5;/h7-9,11-12H,6,10,13-14H2,1-5H3;1H/q+1;/p-1. The van der Waals surface area contributed by atoms with E-state index >= 15 is 0 Å². The smallest absolute Gasteiger partial charge is 0.237 e. The Morgan fingerprint density at radius 2 is 1.71 bits per heavy atom. The molecule has 0 aliphatic carbocycles. The Morgan fingerprint density at radius 3 is 2.14 bits per heavy atom. The maximum atomic E-state index is 12.0. The van der Waals surface area contributed by atoms with E-state index in [4.69, 9.17) is 0 Å². The zero-order chi connectivity index (χ0) is 15.2. The number of amides is 1. The van der Waals surface area contributed by atoms with E-state index in [2.05, 4.69) is 33.1 Å². The van der Waals surface area contributed by atoms with Crippen LogP contribution in [-0.4, -0.2) is 56.2 Å². The molecule has 1 rings (SSSR count). The van der Waals surface area contributed by atoms with Crippen LogP contribution in [0.1, 0.15) is 20.3 Å². The summed E-state index contributed by atoms with van der Waals surface area (Å²) in [5, 5.41) is 3.91. The van der Waals surface area contributed by atoms with Gasteiger partial charge in [-0.1, -0.05) is 18.2 Å². The maximum absolute atomic E-state index is 12.0. The lowest BCUT2D eigenvalue weighted by atomic mass is 10.3. The predicted molar refractivity (Wildman–Crippen MR) is 84.4 cm³/mol. The number of carbonyl (C=O) groups is 1. The minimum atomic E-state index is 0. The van der Waals surface area contributed by atoms with E-state index in [1.54, 1.807) is 6.92 Å². The van der Waals surface area contributed by atoms with E-state index in [-0.39, 0.29) is 29.9 Å². The molecule has 0 unspecified atom stereocenters. The normalized spacial score (nSPS) is 10.7. The number of benzene rings is 1. The van der Waals surface area contributed by atoms with Crippen LogP contribution in [0, 0.1) is 0 Å². The van der Waals surface area contributed by atoms with Crippen molar-refractivity contribution in [3.05, 3.63) is 30.3 Å². The molecule has 0 atom stereocenters. The summed E-state index contributed by atoms with van der Waals surface area (Å²) in [7, 11) is 6.52. The molecule has 21 heavy (non-hydrogen) atoms. The molecule has 0 saturated heterocycles. The van der Waals surface area contributed by atoms with Crippen molar-refractivity contribution in [2.75, 3.05) is 45.8 Å². The second-order valence-electron chi connectivity index (χ2n) is 6.06. The van der Waals surface area contributed by atoms with Crippen LogP contribution in [0.25, 0.3) is 0 Å². The molecule has 120 valence electrons. The highest BCUT2D eigenvalue weighted by Gasteiger charge is 2.18. The summed E-state index contributed by atoms with van der Waals surface area (Å²) in [6.07, 6.45) is 0.992. The highest BCUT2D eigenvalue weighted by Crippen LogP contribution is 2.16. The number of halogens is 1. The van der Waals surface area contributed by atoms with Crippen LogP contribution in [0.2, 0.25) is 0 Å². The van der Waals surface area contributed by atoms with Gasteiger partial charge in [-0.15, -0.1) is 0 Å². The van der Waals surface area contributed by atoms with E-state index in [0.717, 1.165) is 36.2 Å². The maximum Gasteiger partial charge on any atom is 0.237 e. The van der Waals surface area contributed by atoms with E-state index in [1.165, 1.54) is 0 Å². The Morgan fingerprint density at radius 1 is 1.14 bits per heavy atom. The molecule has 0 aliphatic rings. The summed E-state index contributed by atoms with van der Waals surface area (Å²) >= 11 is 0. The van der Waals surface area contributed by atoms with Crippen molar-refractivity contribution in [1.82, 2.24) is 5.01 Å². The highest BCUT2D eigenvalue weighted by molar-refractivity contribution is 5.75. The first-order chi connectivity index (χ1) is 9.35. The van der Waals surface area contributed by atoms with E-state index in [0.29, 0.717) is 0 Å². The third-order valence-corrected chi connectivity index (χ3v) is 3.21. The van der Waals surface area contributed by atoms with Crippen molar-refractivity contribution in [2.24, 2.45) is 0 Å². The van der Waals surface area contributed by atoms with Gasteiger partial charge in [-0.25, -0.2) is 0 Å². The molecule has 0 aromatic heterocycles. The number of hydrogen-bond acceptors (Lipinski definition) is 2. The van der Waals surface area contributed by atoms with E-state index in [9.17, 15) is 4.79 Å². The van der Waals surface area contributed by atoms with Gasteiger partial charge in [0, 0.05) is 26.4 Å². The molecule has 0 aliphatic heterocycles. The van der Waals surface area contributed by atoms with Crippen molar-refractivity contribution < 1.29 is 33.3 Å². The van der Waals surface area contributed by atoms with E-state index < -0.39 is 0 Å². The molecular formula is C16H28IN3O. The molecular weight excluding hydrogens is 377 g/mol. The first-order valence-corrected chi connectivity index (χ1v) is 7.26. The van der Waals surface area contributed by atoms with Crippen LogP contribution < -0.4 is 29.0 Å². The number of nitrogens with zero attached hydrogens (tertiary/aromatic N) is 3. The minimum Gasteiger partial charge on any atom is -1.00 e. The summed E-state index contributed by atoms with van der Waals surface area (Å²) in [6.45, 7) is 6.30. The summed E-state index contributed by atoms with van der Waals surface area (Å²) < 4.78 is 0.920. The fourth-order valence-corrected chi connectivity index (χ4v) is 2.24. The molecule has 4 nitrogen and oxygen atoms in total. The van der Waals surface area contributed by atoms with Gasteiger partial charge in [-0.3, -0.25) is 14.8 Å². The Balaban J connectivity index is 0.00000400. The molecule has 1 amide bonds. The van der Waals surface area contributed by atoms with E-state index in [1.807, 2.05) is 35.3 Å². The number of rotatable bonds is 7. The average molecular weight is 405 g/mol. The first-order valence-electron chi connectivity index (χ1n) is 7.26. The Labute approximate surface area is 146 Å². The Bertz CT molecular complexity index is 417. The number of carbonyl (C=O) groups excluding carboxylic acids is 1. The molecule has 1 aromatic rings. The molecule has 1 aromatic carbocycles. The van der Waals surface area contributed by atoms with Crippen LogP contribution in [0.4, 0.5) is 5.69 Å². The largest absolute Gasteiger partial charge is 1.00 e. The fraction of sp³-hybridized carbons (Fsp3) is 0.562. The van der Waals surface area contributed by atoms with Crippen LogP contribution in [-0.2, 0) is 4.79 Å². The minimum absolute atomic E-state index is 0. The second-order valence-corrected chi connectivity index (χ2v) is 6.06. The van der Waals surface area contributed by atoms with Crippen LogP contribution in [0.3, 0.4) is 0 Å². The van der Waals surface area contributed by atoms with Gasteiger partial charge in [0.15, 0.2) is 0 Å². The topological polar surface area (TPSA) is 23.6 Å². The van der Waals surface area contributed by atoms with Gasteiger partial charge in [0.25, 0.3) is 0 Å². The molecule has 0 spiro atoms. The third kappa shape index (κ3) is 7.13. The number of hydrazine groups is 1. The number of hydrogen-bond donors (Lipinski definition) is 0. The van der Waals surface area contributed by atoms with Gasteiger partial charge in [0.2, 0.25) is 5.91 Å². The lowest BCUT2D eigenvalue weighted by Gasteiger charge is -2.36. The fourth-order valence-electron chi connectivity index (χ4n) is 2.24. The molecule has 0 fully saturated rings. The predicted octanol–water partition coefficient (Wildman–Crippen LogP) is -0.623. The number of quaternary nitrogens is 1. The van der Waals surface area contributed by atoms with Crippen molar-refractivity contribution >= 4 is 11.6 Å². The monoisotopic (exact) mass is 405 g/mol. The molecule has 0 heterocycles. The second kappa shape index (κ2) is 9.25. The first kappa shape index (κ1) is 20.2. The van der Waals surface area contributed by atoms with Crippen molar-refractivity contribution in [2.45, 2.75) is 20.3 Å². The van der Waals surface area contributed by atoms with Crippen molar-refractivity contribution in [3.8, 4) is 0 Å². The Kier molecular flexibility index (Phi) is 8.89. The summed E-state index contributed by atoms with van der Waals surface area (Å²) in [5.41, 5.74) is 1.07. The molecule has 0 N–H and O–H groups in total. The molecule has 0 radical (unpaired) electrons. The third-order valence-electron chi connectivity index (χ3n) is 3.21.